The molecule has 0 aliphatic carbocycles. The average Bonchev–Trinajstić information content (AvgIpc) is 2.99. The van der Waals surface area contributed by atoms with Crippen molar-refractivity contribution in [2.45, 2.75) is 44.2 Å². The van der Waals surface area contributed by atoms with Crippen LogP contribution in [0.25, 0.3) is 0 Å². The van der Waals surface area contributed by atoms with Crippen LogP contribution < -0.4 is 10.5 Å². The zero-order valence-corrected chi connectivity index (χ0v) is 12.6. The summed E-state index contributed by atoms with van der Waals surface area (Å²) in [5, 5.41) is 0. The highest BCUT2D eigenvalue weighted by molar-refractivity contribution is 9.10. The highest BCUT2D eigenvalue weighted by Gasteiger charge is 2.22. The molecule has 19 heavy (non-hydrogen) atoms. The van der Waals surface area contributed by atoms with Gasteiger partial charge in [0.15, 0.2) is 0 Å². The van der Waals surface area contributed by atoms with Gasteiger partial charge in [-0.05, 0) is 48.9 Å². The second-order valence-electron chi connectivity index (χ2n) is 5.49. The van der Waals surface area contributed by atoms with E-state index < -0.39 is 0 Å². The van der Waals surface area contributed by atoms with Crippen LogP contribution in [0.4, 0.5) is 0 Å². The van der Waals surface area contributed by atoms with Crippen LogP contribution in [0.3, 0.4) is 0 Å². The number of hydrogen-bond acceptors (Lipinski definition) is 3. The molecule has 1 aromatic rings. The van der Waals surface area contributed by atoms with Gasteiger partial charge in [0, 0.05) is 23.5 Å². The van der Waals surface area contributed by atoms with Crippen molar-refractivity contribution in [2.75, 3.05) is 13.2 Å². The largest absolute Gasteiger partial charge is 0.493 e. The molecule has 0 saturated carbocycles. The minimum absolute atomic E-state index is 0.144. The van der Waals surface area contributed by atoms with Gasteiger partial charge in [0.25, 0.3) is 0 Å². The lowest BCUT2D eigenvalue weighted by Gasteiger charge is -2.17. The van der Waals surface area contributed by atoms with Gasteiger partial charge < -0.3 is 15.2 Å². The molecule has 3 nitrogen and oxygen atoms in total. The molecule has 0 aromatic heterocycles. The van der Waals surface area contributed by atoms with E-state index in [-0.39, 0.29) is 6.04 Å². The molecule has 0 spiro atoms. The Hall–Kier alpha value is -0.580. The van der Waals surface area contributed by atoms with E-state index in [9.17, 15) is 0 Å². The van der Waals surface area contributed by atoms with Gasteiger partial charge in [0.1, 0.15) is 5.75 Å². The van der Waals surface area contributed by atoms with Gasteiger partial charge in [-0.3, -0.25) is 0 Å². The first-order valence-electron chi connectivity index (χ1n) is 7.03. The van der Waals surface area contributed by atoms with Crippen molar-refractivity contribution in [1.82, 2.24) is 0 Å². The Morgan fingerprint density at radius 2 is 2.26 bits per heavy atom. The molecule has 2 heterocycles. The standard InChI is InChI=1S/C15H20BrNO2/c16-12-6-10-3-5-19-15(10)11(7-12)8-13(17)9-14-2-1-4-18-14/h6-7,13-14H,1-5,8-9,17H2. The maximum atomic E-state index is 6.28. The Bertz CT molecular complexity index is 458. The van der Waals surface area contributed by atoms with E-state index in [1.54, 1.807) is 0 Å². The van der Waals surface area contributed by atoms with E-state index in [1.807, 2.05) is 0 Å². The Labute approximate surface area is 122 Å². The van der Waals surface area contributed by atoms with Crippen molar-refractivity contribution in [3.05, 3.63) is 27.7 Å². The summed E-state index contributed by atoms with van der Waals surface area (Å²) in [6.07, 6.45) is 5.50. The van der Waals surface area contributed by atoms with Gasteiger partial charge in [0.05, 0.1) is 12.7 Å². The summed E-state index contributed by atoms with van der Waals surface area (Å²) in [7, 11) is 0. The summed E-state index contributed by atoms with van der Waals surface area (Å²) in [6, 6.07) is 4.43. The molecule has 1 aromatic carbocycles. The highest BCUT2D eigenvalue weighted by atomic mass is 79.9. The average molecular weight is 326 g/mol. The number of fused-ring (bicyclic) bond motifs is 1. The topological polar surface area (TPSA) is 44.5 Å². The number of nitrogens with two attached hydrogens (primary N) is 1. The zero-order chi connectivity index (χ0) is 13.2. The van der Waals surface area contributed by atoms with Crippen LogP contribution in [0, 0.1) is 0 Å². The van der Waals surface area contributed by atoms with E-state index in [0.717, 1.165) is 49.1 Å². The second-order valence-corrected chi connectivity index (χ2v) is 6.40. The number of halogens is 1. The van der Waals surface area contributed by atoms with Crippen molar-refractivity contribution < 1.29 is 9.47 Å². The minimum Gasteiger partial charge on any atom is -0.493 e. The molecular formula is C15H20BrNO2. The van der Waals surface area contributed by atoms with Crippen molar-refractivity contribution in [2.24, 2.45) is 5.73 Å². The van der Waals surface area contributed by atoms with Gasteiger partial charge in [-0.1, -0.05) is 15.9 Å². The van der Waals surface area contributed by atoms with Gasteiger partial charge in [-0.25, -0.2) is 0 Å². The van der Waals surface area contributed by atoms with Crippen LogP contribution in [-0.2, 0) is 17.6 Å². The molecule has 4 heteroatoms. The lowest BCUT2D eigenvalue weighted by atomic mass is 9.98. The maximum Gasteiger partial charge on any atom is 0.125 e. The third-order valence-corrected chi connectivity index (χ3v) is 4.35. The Morgan fingerprint density at radius 3 is 3.05 bits per heavy atom. The molecule has 1 fully saturated rings. The van der Waals surface area contributed by atoms with Crippen LogP contribution >= 0.6 is 15.9 Å². The van der Waals surface area contributed by atoms with Crippen LogP contribution in [0.15, 0.2) is 16.6 Å². The molecule has 0 amide bonds. The fraction of sp³-hybridized carbons (Fsp3) is 0.600. The van der Waals surface area contributed by atoms with Gasteiger partial charge in [-0.15, -0.1) is 0 Å². The SMILES string of the molecule is NC(Cc1cc(Br)cc2c1OCC2)CC1CCCO1. The molecule has 2 atom stereocenters. The molecular weight excluding hydrogens is 306 g/mol. The zero-order valence-electron chi connectivity index (χ0n) is 11.0. The van der Waals surface area contributed by atoms with Gasteiger partial charge in [-0.2, -0.15) is 0 Å². The number of hydrogen-bond donors (Lipinski definition) is 1. The predicted molar refractivity (Wildman–Crippen MR) is 78.6 cm³/mol. The van der Waals surface area contributed by atoms with E-state index in [0.29, 0.717) is 6.10 Å². The summed E-state index contributed by atoms with van der Waals surface area (Å²) in [6.45, 7) is 1.69. The first-order chi connectivity index (χ1) is 9.22. The Balaban J connectivity index is 1.68. The van der Waals surface area contributed by atoms with Gasteiger partial charge in [0.2, 0.25) is 0 Å². The summed E-state index contributed by atoms with van der Waals surface area (Å²) in [5.41, 5.74) is 8.81. The van der Waals surface area contributed by atoms with E-state index in [4.69, 9.17) is 15.2 Å². The maximum absolute atomic E-state index is 6.28. The number of rotatable bonds is 4. The Kier molecular flexibility index (Phi) is 4.10. The van der Waals surface area contributed by atoms with Gasteiger partial charge >= 0.3 is 0 Å². The lowest BCUT2D eigenvalue weighted by Crippen LogP contribution is -2.28. The molecule has 2 unspecified atom stereocenters. The normalized spacial score (nSPS) is 23.2. The smallest absolute Gasteiger partial charge is 0.125 e. The van der Waals surface area contributed by atoms with Crippen molar-refractivity contribution >= 4 is 15.9 Å². The van der Waals surface area contributed by atoms with Crippen LogP contribution in [-0.4, -0.2) is 25.4 Å². The second kappa shape index (κ2) is 5.81. The summed E-state index contributed by atoms with van der Waals surface area (Å²) in [5.74, 6) is 1.06. The first kappa shape index (κ1) is 13.4. The molecule has 1 saturated heterocycles. The van der Waals surface area contributed by atoms with E-state index >= 15 is 0 Å². The molecule has 2 aliphatic heterocycles. The third-order valence-electron chi connectivity index (χ3n) is 3.90. The Morgan fingerprint density at radius 1 is 1.37 bits per heavy atom. The van der Waals surface area contributed by atoms with Crippen molar-refractivity contribution in [1.29, 1.82) is 0 Å². The van der Waals surface area contributed by atoms with Crippen molar-refractivity contribution in [3.8, 4) is 5.75 Å². The summed E-state index contributed by atoms with van der Waals surface area (Å²) >= 11 is 3.57. The van der Waals surface area contributed by atoms with Crippen molar-refractivity contribution in [3.63, 3.8) is 0 Å². The highest BCUT2D eigenvalue weighted by Crippen LogP contribution is 2.34. The van der Waals surface area contributed by atoms with E-state index in [2.05, 4.69) is 28.1 Å². The fourth-order valence-corrected chi connectivity index (χ4v) is 3.58. The van der Waals surface area contributed by atoms with Crippen LogP contribution in [0.5, 0.6) is 5.75 Å². The summed E-state index contributed by atoms with van der Waals surface area (Å²) in [4.78, 5) is 0. The van der Waals surface area contributed by atoms with Crippen LogP contribution in [0.1, 0.15) is 30.4 Å². The first-order valence-corrected chi connectivity index (χ1v) is 7.83. The van der Waals surface area contributed by atoms with E-state index in [1.165, 1.54) is 17.5 Å². The molecule has 0 bridgehead atoms. The molecule has 0 radical (unpaired) electrons. The van der Waals surface area contributed by atoms with Crippen LogP contribution in [0.2, 0.25) is 0 Å². The monoisotopic (exact) mass is 325 g/mol. The molecule has 2 aliphatic rings. The third kappa shape index (κ3) is 3.12. The lowest BCUT2D eigenvalue weighted by molar-refractivity contribution is 0.0983. The molecule has 2 N–H and O–H groups in total. The molecule has 104 valence electrons. The molecule has 3 rings (SSSR count). The number of ether oxygens (including phenoxy) is 2. The minimum atomic E-state index is 0.144. The quantitative estimate of drug-likeness (QED) is 0.925. The number of benzene rings is 1. The fourth-order valence-electron chi connectivity index (χ4n) is 3.03. The summed E-state index contributed by atoms with van der Waals surface area (Å²) < 4.78 is 12.5. The predicted octanol–water partition coefficient (Wildman–Crippen LogP) is 2.82.